The zero-order valence-electron chi connectivity index (χ0n) is 8.90. The van der Waals surface area contributed by atoms with Crippen molar-refractivity contribution in [3.63, 3.8) is 0 Å². The molecule has 0 aliphatic heterocycles. The van der Waals surface area contributed by atoms with Gasteiger partial charge in [-0.15, -0.1) is 6.42 Å². The molecule has 0 aromatic rings. The molecule has 1 aliphatic rings. The Kier molecular flexibility index (Phi) is 4.35. The van der Waals surface area contributed by atoms with Gasteiger partial charge in [-0.1, -0.05) is 5.92 Å². The molecule has 16 heavy (non-hydrogen) atoms. The van der Waals surface area contributed by atoms with Crippen LogP contribution in [0.2, 0.25) is 0 Å². The number of nitrogens with zero attached hydrogens (tertiary/aromatic N) is 2. The van der Waals surface area contributed by atoms with Gasteiger partial charge in [-0.2, -0.15) is 5.26 Å². The maximum atomic E-state index is 11.6. The third-order valence-corrected chi connectivity index (χ3v) is 2.27. The van der Waals surface area contributed by atoms with Crippen LogP contribution in [0.5, 0.6) is 0 Å². The minimum atomic E-state index is -0.766. The van der Waals surface area contributed by atoms with Crippen LogP contribution in [-0.2, 0) is 9.59 Å². The average Bonchev–Trinajstić information content (AvgIpc) is 3.08. The van der Waals surface area contributed by atoms with Crippen molar-refractivity contribution in [3.05, 3.63) is 0 Å². The summed E-state index contributed by atoms with van der Waals surface area (Å²) in [5.74, 6) is 1.41. The summed E-state index contributed by atoms with van der Waals surface area (Å²) in [7, 11) is 0. The molecule has 0 radical (unpaired) electrons. The topological polar surface area (TPSA) is 73.2 Å². The highest BCUT2D eigenvalue weighted by Crippen LogP contribution is 2.29. The van der Waals surface area contributed by atoms with E-state index in [4.69, 9.17) is 11.7 Å². The summed E-state index contributed by atoms with van der Waals surface area (Å²) < 4.78 is 0. The lowest BCUT2D eigenvalue weighted by Crippen LogP contribution is -2.44. The third kappa shape index (κ3) is 3.62. The van der Waals surface area contributed by atoms with E-state index in [9.17, 15) is 9.59 Å². The molecule has 1 saturated carbocycles. The zero-order chi connectivity index (χ0) is 12.0. The molecule has 0 atom stereocenters. The number of terminal acetylenes is 1. The highest BCUT2D eigenvalue weighted by Gasteiger charge is 2.28. The van der Waals surface area contributed by atoms with Gasteiger partial charge in [-0.05, 0) is 18.8 Å². The number of carbonyl (C=O) groups is 2. The van der Waals surface area contributed by atoms with Gasteiger partial charge in [0.05, 0.1) is 12.6 Å². The Morgan fingerprint density at radius 3 is 2.69 bits per heavy atom. The number of nitrogens with one attached hydrogen (secondary N) is 1. The molecule has 2 amide bonds. The SMILES string of the molecule is C#CCN(CC1CC1)C(=O)C(=O)NCC#N. The predicted molar refractivity (Wildman–Crippen MR) is 56.8 cm³/mol. The monoisotopic (exact) mass is 219 g/mol. The van der Waals surface area contributed by atoms with Gasteiger partial charge in [0, 0.05) is 6.54 Å². The van der Waals surface area contributed by atoms with Crippen LogP contribution >= 0.6 is 0 Å². The molecule has 0 aromatic heterocycles. The van der Waals surface area contributed by atoms with Gasteiger partial charge in [-0.25, -0.2) is 0 Å². The van der Waals surface area contributed by atoms with Crippen LogP contribution in [0.15, 0.2) is 0 Å². The number of hydrogen-bond acceptors (Lipinski definition) is 3. The van der Waals surface area contributed by atoms with Crippen molar-refractivity contribution in [2.45, 2.75) is 12.8 Å². The van der Waals surface area contributed by atoms with Crippen LogP contribution in [-0.4, -0.2) is 36.3 Å². The Morgan fingerprint density at radius 2 is 2.19 bits per heavy atom. The fourth-order valence-electron chi connectivity index (χ4n) is 1.28. The first-order valence-electron chi connectivity index (χ1n) is 5.06. The van der Waals surface area contributed by atoms with Crippen molar-refractivity contribution in [2.24, 2.45) is 5.92 Å². The van der Waals surface area contributed by atoms with Crippen molar-refractivity contribution < 1.29 is 9.59 Å². The van der Waals surface area contributed by atoms with Crippen LogP contribution in [0, 0.1) is 29.6 Å². The summed E-state index contributed by atoms with van der Waals surface area (Å²) in [6.45, 7) is 0.496. The molecule has 1 N–H and O–H groups in total. The van der Waals surface area contributed by atoms with Gasteiger partial charge < -0.3 is 10.2 Å². The normalized spacial score (nSPS) is 13.4. The minimum Gasteiger partial charge on any atom is -0.335 e. The van der Waals surface area contributed by atoms with Crippen LogP contribution < -0.4 is 5.32 Å². The fourth-order valence-corrected chi connectivity index (χ4v) is 1.28. The van der Waals surface area contributed by atoms with E-state index in [0.717, 1.165) is 12.8 Å². The van der Waals surface area contributed by atoms with Crippen molar-refractivity contribution in [2.75, 3.05) is 19.6 Å². The maximum Gasteiger partial charge on any atom is 0.312 e. The van der Waals surface area contributed by atoms with Gasteiger partial charge in [0.25, 0.3) is 0 Å². The number of nitriles is 1. The van der Waals surface area contributed by atoms with E-state index >= 15 is 0 Å². The minimum absolute atomic E-state index is 0.134. The molecule has 0 saturated heterocycles. The lowest BCUT2D eigenvalue weighted by atomic mass is 10.3. The van der Waals surface area contributed by atoms with Crippen molar-refractivity contribution in [1.82, 2.24) is 10.2 Å². The Labute approximate surface area is 94.4 Å². The number of carbonyl (C=O) groups excluding carboxylic acids is 2. The summed E-state index contributed by atoms with van der Waals surface area (Å²) in [4.78, 5) is 24.3. The highest BCUT2D eigenvalue weighted by atomic mass is 16.2. The smallest absolute Gasteiger partial charge is 0.312 e. The predicted octanol–water partition coefficient (Wildman–Crippen LogP) is -0.502. The molecular weight excluding hydrogens is 206 g/mol. The number of hydrogen-bond donors (Lipinski definition) is 1. The fraction of sp³-hybridized carbons (Fsp3) is 0.545. The van der Waals surface area contributed by atoms with E-state index in [2.05, 4.69) is 11.2 Å². The van der Waals surface area contributed by atoms with Crippen LogP contribution in [0.1, 0.15) is 12.8 Å². The Morgan fingerprint density at radius 1 is 1.50 bits per heavy atom. The van der Waals surface area contributed by atoms with Crippen molar-refractivity contribution in [1.29, 1.82) is 5.26 Å². The second-order valence-electron chi connectivity index (χ2n) is 3.67. The van der Waals surface area contributed by atoms with Gasteiger partial charge in [0.2, 0.25) is 0 Å². The van der Waals surface area contributed by atoms with E-state index < -0.39 is 11.8 Å². The molecular formula is C11H13N3O2. The standard InChI is InChI=1S/C11H13N3O2/c1-2-7-14(8-9-3-4-9)11(16)10(15)13-6-5-12/h1,9H,3-4,6-8H2,(H,13,15). The first-order valence-corrected chi connectivity index (χ1v) is 5.06. The van der Waals surface area contributed by atoms with E-state index in [1.807, 2.05) is 0 Å². The number of amides is 2. The highest BCUT2D eigenvalue weighted by molar-refractivity contribution is 6.35. The Balaban J connectivity index is 2.48. The second-order valence-corrected chi connectivity index (χ2v) is 3.67. The Hall–Kier alpha value is -2.01. The molecule has 5 heteroatoms. The van der Waals surface area contributed by atoms with Crippen molar-refractivity contribution in [3.8, 4) is 18.4 Å². The van der Waals surface area contributed by atoms with E-state index in [1.165, 1.54) is 4.90 Å². The lowest BCUT2D eigenvalue weighted by Gasteiger charge is -2.18. The first-order chi connectivity index (χ1) is 7.69. The summed E-state index contributed by atoms with van der Waals surface area (Å²) in [6, 6.07) is 1.73. The molecule has 1 rings (SSSR count). The van der Waals surface area contributed by atoms with Crippen molar-refractivity contribution >= 4 is 11.8 Å². The van der Waals surface area contributed by atoms with Gasteiger partial charge in [-0.3, -0.25) is 9.59 Å². The first kappa shape index (κ1) is 12.1. The van der Waals surface area contributed by atoms with Gasteiger partial charge >= 0.3 is 11.8 Å². The van der Waals surface area contributed by atoms with Crippen LogP contribution in [0.25, 0.3) is 0 Å². The molecule has 5 nitrogen and oxygen atoms in total. The summed E-state index contributed by atoms with van der Waals surface area (Å²) in [5.41, 5.74) is 0. The third-order valence-electron chi connectivity index (χ3n) is 2.27. The molecule has 1 fully saturated rings. The molecule has 84 valence electrons. The van der Waals surface area contributed by atoms with Crippen LogP contribution in [0.4, 0.5) is 0 Å². The molecule has 0 bridgehead atoms. The largest absolute Gasteiger partial charge is 0.335 e. The quantitative estimate of drug-likeness (QED) is 0.393. The number of rotatable bonds is 4. The maximum absolute atomic E-state index is 11.6. The Bertz CT molecular complexity index is 360. The molecule has 0 heterocycles. The van der Waals surface area contributed by atoms with Gasteiger partial charge in [0.1, 0.15) is 6.54 Å². The van der Waals surface area contributed by atoms with E-state index in [1.54, 1.807) is 6.07 Å². The summed E-state index contributed by atoms with van der Waals surface area (Å²) in [5, 5.41) is 10.5. The second kappa shape index (κ2) is 5.77. The molecule has 1 aliphatic carbocycles. The lowest BCUT2D eigenvalue weighted by molar-refractivity contribution is -0.145. The molecule has 0 unspecified atom stereocenters. The average molecular weight is 219 g/mol. The van der Waals surface area contributed by atoms with E-state index in [0.29, 0.717) is 12.5 Å². The summed E-state index contributed by atoms with van der Waals surface area (Å²) >= 11 is 0. The zero-order valence-corrected chi connectivity index (χ0v) is 8.90. The molecule has 0 spiro atoms. The summed E-state index contributed by atoms with van der Waals surface area (Å²) in [6.07, 6.45) is 7.29. The van der Waals surface area contributed by atoms with E-state index in [-0.39, 0.29) is 13.1 Å². The molecule has 0 aromatic carbocycles. The van der Waals surface area contributed by atoms with Gasteiger partial charge in [0.15, 0.2) is 0 Å². The van der Waals surface area contributed by atoms with Crippen LogP contribution in [0.3, 0.4) is 0 Å².